The van der Waals surface area contributed by atoms with E-state index in [1.54, 1.807) is 0 Å². The normalized spacial score (nSPS) is 20.1. The second-order valence-corrected chi connectivity index (χ2v) is 7.03. The number of carbonyl (C=O) groups excluding carboxylic acids is 1. The maximum atomic E-state index is 13.0. The van der Waals surface area contributed by atoms with Gasteiger partial charge in [-0.05, 0) is 42.5 Å². The van der Waals surface area contributed by atoms with Gasteiger partial charge in [0.25, 0.3) is 0 Å². The lowest BCUT2D eigenvalue weighted by molar-refractivity contribution is 0.214. The van der Waals surface area contributed by atoms with E-state index >= 15 is 0 Å². The zero-order chi connectivity index (χ0) is 16.5. The predicted octanol–water partition coefficient (Wildman–Crippen LogP) is 4.70. The molecule has 2 heterocycles. The van der Waals surface area contributed by atoms with Crippen molar-refractivity contribution in [2.45, 2.75) is 25.2 Å². The summed E-state index contributed by atoms with van der Waals surface area (Å²) < 4.78 is 0. The second kappa shape index (κ2) is 6.48. The van der Waals surface area contributed by atoms with Crippen LogP contribution in [0.3, 0.4) is 0 Å². The zero-order valence-electron chi connectivity index (χ0n) is 13.6. The fourth-order valence-corrected chi connectivity index (χ4v) is 4.19. The van der Waals surface area contributed by atoms with Gasteiger partial charge in [0.1, 0.15) is 0 Å². The van der Waals surface area contributed by atoms with Gasteiger partial charge in [0.15, 0.2) is 0 Å². The van der Waals surface area contributed by atoms with Crippen LogP contribution in [0, 0.1) is 0 Å². The summed E-state index contributed by atoms with van der Waals surface area (Å²) in [6, 6.07) is 16.4. The molecule has 0 N–H and O–H groups in total. The van der Waals surface area contributed by atoms with E-state index in [-0.39, 0.29) is 6.03 Å². The topological polar surface area (TPSA) is 23.6 Å². The second-order valence-electron chi connectivity index (χ2n) is 6.62. The molecule has 2 aliphatic rings. The molecule has 4 rings (SSSR count). The van der Waals surface area contributed by atoms with Crippen LogP contribution in [-0.4, -0.2) is 30.6 Å². The van der Waals surface area contributed by atoms with Crippen LogP contribution in [0.25, 0.3) is 0 Å². The first kappa shape index (κ1) is 15.5. The lowest BCUT2D eigenvalue weighted by Gasteiger charge is -2.32. The van der Waals surface area contributed by atoms with Crippen LogP contribution in [-0.2, 0) is 6.42 Å². The van der Waals surface area contributed by atoms with E-state index in [4.69, 9.17) is 11.6 Å². The highest BCUT2D eigenvalue weighted by molar-refractivity contribution is 6.31. The largest absolute Gasteiger partial charge is 0.324 e. The van der Waals surface area contributed by atoms with Crippen LogP contribution >= 0.6 is 11.6 Å². The van der Waals surface area contributed by atoms with Gasteiger partial charge in [-0.3, -0.25) is 4.90 Å². The minimum absolute atomic E-state index is 0.136. The van der Waals surface area contributed by atoms with Crippen molar-refractivity contribution in [2.24, 2.45) is 0 Å². The summed E-state index contributed by atoms with van der Waals surface area (Å²) in [5.41, 5.74) is 3.52. The molecule has 0 spiro atoms. The molecule has 0 aliphatic carbocycles. The van der Waals surface area contributed by atoms with Gasteiger partial charge in [-0.2, -0.15) is 0 Å². The average Bonchev–Trinajstić information content (AvgIpc) is 3.11. The highest BCUT2D eigenvalue weighted by atomic mass is 35.5. The van der Waals surface area contributed by atoms with Gasteiger partial charge in [0.2, 0.25) is 0 Å². The number of hydrogen-bond acceptors (Lipinski definition) is 1. The van der Waals surface area contributed by atoms with E-state index in [0.29, 0.717) is 5.92 Å². The number of fused-ring (bicyclic) bond motifs is 1. The number of anilines is 1. The fraction of sp³-hybridized carbons (Fsp3) is 0.350. The fourth-order valence-electron chi connectivity index (χ4n) is 3.90. The summed E-state index contributed by atoms with van der Waals surface area (Å²) in [7, 11) is 0. The van der Waals surface area contributed by atoms with Crippen molar-refractivity contribution in [1.82, 2.24) is 4.90 Å². The van der Waals surface area contributed by atoms with Crippen molar-refractivity contribution in [1.29, 1.82) is 0 Å². The molecule has 2 aliphatic heterocycles. The molecule has 3 nitrogen and oxygen atoms in total. The molecular formula is C20H21ClN2O. The average molecular weight is 341 g/mol. The maximum absolute atomic E-state index is 13.0. The van der Waals surface area contributed by atoms with Gasteiger partial charge >= 0.3 is 6.03 Å². The molecule has 2 aromatic carbocycles. The van der Waals surface area contributed by atoms with E-state index < -0.39 is 0 Å². The molecule has 1 atom stereocenters. The van der Waals surface area contributed by atoms with Crippen molar-refractivity contribution in [3.05, 3.63) is 64.7 Å². The third-order valence-corrected chi connectivity index (χ3v) is 5.49. The maximum Gasteiger partial charge on any atom is 0.324 e. The molecule has 1 unspecified atom stereocenters. The van der Waals surface area contributed by atoms with E-state index in [1.165, 1.54) is 5.56 Å². The minimum atomic E-state index is 0.136. The summed E-state index contributed by atoms with van der Waals surface area (Å²) in [6.45, 7) is 2.36. The van der Waals surface area contributed by atoms with Gasteiger partial charge in [0, 0.05) is 36.3 Å². The molecule has 2 aromatic rings. The standard InChI is InChI=1S/C20H21ClN2O/c21-18-9-3-2-8-17(18)16-11-13-22(14-16)20(24)23-12-5-7-15-6-1-4-10-19(15)23/h1-4,6,8-10,16H,5,7,11-14H2. The van der Waals surface area contributed by atoms with Crippen LogP contribution in [0.1, 0.15) is 29.9 Å². The van der Waals surface area contributed by atoms with Crippen molar-refractivity contribution in [3.8, 4) is 0 Å². The Morgan fingerprint density at radius 2 is 1.83 bits per heavy atom. The molecule has 24 heavy (non-hydrogen) atoms. The summed E-state index contributed by atoms with van der Waals surface area (Å²) >= 11 is 6.33. The number of hydrogen-bond donors (Lipinski definition) is 0. The summed E-state index contributed by atoms with van der Waals surface area (Å²) in [5.74, 6) is 0.336. The number of urea groups is 1. The third-order valence-electron chi connectivity index (χ3n) is 5.14. The summed E-state index contributed by atoms with van der Waals surface area (Å²) in [6.07, 6.45) is 3.07. The Bertz CT molecular complexity index is 761. The van der Waals surface area contributed by atoms with Crippen LogP contribution < -0.4 is 4.90 Å². The van der Waals surface area contributed by atoms with Gasteiger partial charge < -0.3 is 4.90 Å². The molecule has 0 saturated carbocycles. The molecule has 1 fully saturated rings. The Kier molecular flexibility index (Phi) is 4.19. The third kappa shape index (κ3) is 2.78. The number of amides is 2. The molecular weight excluding hydrogens is 320 g/mol. The first-order chi connectivity index (χ1) is 11.7. The highest BCUT2D eigenvalue weighted by Gasteiger charge is 2.32. The van der Waals surface area contributed by atoms with Gasteiger partial charge in [-0.15, -0.1) is 0 Å². The van der Waals surface area contributed by atoms with Crippen LogP contribution in [0.4, 0.5) is 10.5 Å². The number of halogens is 1. The Morgan fingerprint density at radius 1 is 1.04 bits per heavy atom. The number of rotatable bonds is 1. The van der Waals surface area contributed by atoms with E-state index in [0.717, 1.165) is 55.2 Å². The number of para-hydroxylation sites is 1. The Hall–Kier alpha value is -2.00. The van der Waals surface area contributed by atoms with Crippen LogP contribution in [0.5, 0.6) is 0 Å². The Labute approximate surface area is 147 Å². The van der Waals surface area contributed by atoms with E-state index in [1.807, 2.05) is 34.1 Å². The van der Waals surface area contributed by atoms with Crippen molar-refractivity contribution in [2.75, 3.05) is 24.5 Å². The van der Waals surface area contributed by atoms with Crippen LogP contribution in [0.2, 0.25) is 5.02 Å². The highest BCUT2D eigenvalue weighted by Crippen LogP contribution is 2.34. The Morgan fingerprint density at radius 3 is 2.71 bits per heavy atom. The lowest BCUT2D eigenvalue weighted by atomic mass is 9.98. The minimum Gasteiger partial charge on any atom is -0.324 e. The molecule has 1 saturated heterocycles. The first-order valence-corrected chi connectivity index (χ1v) is 9.00. The number of aryl methyl sites for hydroxylation is 1. The molecule has 0 bridgehead atoms. The SMILES string of the molecule is O=C(N1CCC(c2ccccc2Cl)C1)N1CCCc2ccccc21. The number of carbonyl (C=O) groups is 1. The molecule has 4 heteroatoms. The van der Waals surface area contributed by atoms with E-state index in [9.17, 15) is 4.79 Å². The van der Waals surface area contributed by atoms with E-state index in [2.05, 4.69) is 24.3 Å². The number of nitrogens with zero attached hydrogens (tertiary/aromatic N) is 2. The van der Waals surface area contributed by atoms with Crippen molar-refractivity contribution >= 4 is 23.3 Å². The van der Waals surface area contributed by atoms with Crippen molar-refractivity contribution < 1.29 is 4.79 Å². The first-order valence-electron chi connectivity index (χ1n) is 8.63. The number of benzene rings is 2. The van der Waals surface area contributed by atoms with Crippen molar-refractivity contribution in [3.63, 3.8) is 0 Å². The van der Waals surface area contributed by atoms with Gasteiger partial charge in [-0.1, -0.05) is 48.0 Å². The molecule has 2 amide bonds. The van der Waals surface area contributed by atoms with Gasteiger partial charge in [0.05, 0.1) is 0 Å². The Balaban J connectivity index is 1.52. The number of likely N-dealkylation sites (tertiary alicyclic amines) is 1. The monoisotopic (exact) mass is 340 g/mol. The lowest BCUT2D eigenvalue weighted by Crippen LogP contribution is -2.44. The molecule has 0 radical (unpaired) electrons. The summed E-state index contributed by atoms with van der Waals surface area (Å²) in [4.78, 5) is 17.0. The van der Waals surface area contributed by atoms with Crippen LogP contribution in [0.15, 0.2) is 48.5 Å². The smallest absolute Gasteiger partial charge is 0.324 e. The predicted molar refractivity (Wildman–Crippen MR) is 97.9 cm³/mol. The molecule has 0 aromatic heterocycles. The van der Waals surface area contributed by atoms with Gasteiger partial charge in [-0.25, -0.2) is 4.79 Å². The zero-order valence-corrected chi connectivity index (χ0v) is 14.4. The molecule has 124 valence electrons. The summed E-state index contributed by atoms with van der Waals surface area (Å²) in [5, 5.41) is 0.806. The quantitative estimate of drug-likeness (QED) is 0.738.